The van der Waals surface area contributed by atoms with Gasteiger partial charge in [0, 0.05) is 11.4 Å². The highest BCUT2D eigenvalue weighted by molar-refractivity contribution is 6.60. The van der Waals surface area contributed by atoms with Gasteiger partial charge in [0.25, 0.3) is 0 Å². The maximum absolute atomic E-state index is 11.9. The van der Waals surface area contributed by atoms with E-state index in [1.54, 1.807) is 0 Å². The molecule has 128 valence electrons. The van der Waals surface area contributed by atoms with E-state index in [0.717, 1.165) is 30.5 Å². The van der Waals surface area contributed by atoms with Gasteiger partial charge in [-0.15, -0.1) is 0 Å². The van der Waals surface area contributed by atoms with Crippen molar-refractivity contribution >= 4 is 31.0 Å². The fraction of sp³-hybridized carbons (Fsp3) is 0.368. The van der Waals surface area contributed by atoms with Crippen LogP contribution in [-0.2, 0) is 11.2 Å². The molecule has 0 saturated carbocycles. The minimum atomic E-state index is -0.570. The van der Waals surface area contributed by atoms with Crippen molar-refractivity contribution in [3.05, 3.63) is 46.7 Å². The number of benzene rings is 1. The van der Waals surface area contributed by atoms with Gasteiger partial charge in [-0.25, -0.2) is 4.79 Å². The summed E-state index contributed by atoms with van der Waals surface area (Å²) >= 11 is 0. The van der Waals surface area contributed by atoms with Crippen molar-refractivity contribution in [1.82, 2.24) is 5.32 Å². The number of ether oxygens (including phenoxy) is 1. The molecule has 0 aromatic heterocycles. The molecular weight excluding hydrogens is 315 g/mol. The van der Waals surface area contributed by atoms with Crippen LogP contribution in [0.5, 0.6) is 0 Å². The average Bonchev–Trinajstić information content (AvgIpc) is 2.80. The molecular formula is C19H21BN2O3. The lowest BCUT2D eigenvalue weighted by molar-refractivity contribution is 0.0544. The van der Waals surface area contributed by atoms with Gasteiger partial charge in [0.1, 0.15) is 5.60 Å². The Morgan fingerprint density at radius 2 is 1.92 bits per heavy atom. The number of hydrogen-bond donors (Lipinski definition) is 2. The normalized spacial score (nSPS) is 15.9. The summed E-state index contributed by atoms with van der Waals surface area (Å²) in [6.07, 6.45) is 4.01. The number of nitrogens with one attached hydrogen (secondary N) is 2. The molecule has 2 amide bonds. The summed E-state index contributed by atoms with van der Waals surface area (Å²) in [7, 11) is 5.17. The fourth-order valence-corrected chi connectivity index (χ4v) is 3.25. The van der Waals surface area contributed by atoms with Crippen LogP contribution in [0.2, 0.25) is 0 Å². The Hall–Kier alpha value is -2.50. The molecule has 0 bridgehead atoms. The molecule has 1 aromatic carbocycles. The van der Waals surface area contributed by atoms with Crippen LogP contribution in [0.1, 0.15) is 44.7 Å². The van der Waals surface area contributed by atoms with E-state index < -0.39 is 17.5 Å². The zero-order valence-corrected chi connectivity index (χ0v) is 14.7. The Kier molecular flexibility index (Phi) is 4.46. The Morgan fingerprint density at radius 3 is 2.60 bits per heavy atom. The zero-order chi connectivity index (χ0) is 18.2. The highest BCUT2D eigenvalue weighted by Gasteiger charge is 2.25. The standard InChI is InChI=1S/C19H21BN2O3/c1-19(2,3)25-18(24)22-14-5-7-16-12(10-14)8-11-9-13(21-17(20)23)4-6-15(11)16/h4,6,9-10H,5,7-8H2,1-3H3,(H,21,23)(H,22,24). The molecule has 0 spiro atoms. The Labute approximate surface area is 148 Å². The minimum absolute atomic E-state index is 0.425. The maximum atomic E-state index is 11.9. The van der Waals surface area contributed by atoms with E-state index >= 15 is 0 Å². The SMILES string of the molecule is [B]C(=O)Nc1ccc2c(c1)CC1=C2CCC(NC(=O)OC(C)(C)C)=C1. The molecule has 0 heterocycles. The molecule has 0 atom stereocenters. The van der Waals surface area contributed by atoms with Gasteiger partial charge in [0.2, 0.25) is 7.85 Å². The summed E-state index contributed by atoms with van der Waals surface area (Å²) in [6, 6.07) is 5.83. The topological polar surface area (TPSA) is 67.4 Å². The van der Waals surface area contributed by atoms with Gasteiger partial charge in [0.15, 0.2) is 5.81 Å². The van der Waals surface area contributed by atoms with E-state index in [-0.39, 0.29) is 0 Å². The highest BCUT2D eigenvalue weighted by atomic mass is 16.6. The van der Waals surface area contributed by atoms with Crippen molar-refractivity contribution in [2.24, 2.45) is 0 Å². The third kappa shape index (κ3) is 4.13. The Balaban J connectivity index is 1.73. The second-order valence-corrected chi connectivity index (χ2v) is 7.34. The van der Waals surface area contributed by atoms with Crippen molar-refractivity contribution in [2.75, 3.05) is 5.32 Å². The second-order valence-electron chi connectivity index (χ2n) is 7.34. The van der Waals surface area contributed by atoms with Gasteiger partial charge in [-0.2, -0.15) is 0 Å². The molecule has 0 saturated heterocycles. The Morgan fingerprint density at radius 1 is 1.16 bits per heavy atom. The van der Waals surface area contributed by atoms with Crippen LogP contribution in [0.25, 0.3) is 5.57 Å². The summed E-state index contributed by atoms with van der Waals surface area (Å²) < 4.78 is 5.31. The van der Waals surface area contributed by atoms with Crippen LogP contribution >= 0.6 is 0 Å². The lowest BCUT2D eigenvalue weighted by atomic mass is 9.95. The summed E-state index contributed by atoms with van der Waals surface area (Å²) in [5, 5.41) is 5.45. The van der Waals surface area contributed by atoms with Crippen molar-refractivity contribution in [1.29, 1.82) is 0 Å². The number of amides is 2. The lowest BCUT2D eigenvalue weighted by Crippen LogP contribution is -2.32. The molecule has 2 aliphatic carbocycles. The molecule has 3 rings (SSSR count). The van der Waals surface area contributed by atoms with Crippen molar-refractivity contribution in [3.63, 3.8) is 0 Å². The van der Waals surface area contributed by atoms with Crippen molar-refractivity contribution in [3.8, 4) is 0 Å². The first-order chi connectivity index (χ1) is 11.7. The number of hydrogen-bond acceptors (Lipinski definition) is 3. The summed E-state index contributed by atoms with van der Waals surface area (Å²) in [6.45, 7) is 5.52. The van der Waals surface area contributed by atoms with Crippen molar-refractivity contribution < 1.29 is 14.3 Å². The first-order valence-corrected chi connectivity index (χ1v) is 8.33. The van der Waals surface area contributed by atoms with Crippen molar-refractivity contribution in [2.45, 2.75) is 45.6 Å². The van der Waals surface area contributed by atoms with Crippen LogP contribution in [0.4, 0.5) is 15.3 Å². The molecule has 25 heavy (non-hydrogen) atoms. The predicted octanol–water partition coefficient (Wildman–Crippen LogP) is 3.90. The van der Waals surface area contributed by atoms with E-state index in [1.807, 2.05) is 45.0 Å². The third-order valence-electron chi connectivity index (χ3n) is 4.12. The van der Waals surface area contributed by atoms with Crippen LogP contribution in [0.15, 0.2) is 35.5 Å². The van der Waals surface area contributed by atoms with Gasteiger partial charge in [-0.3, -0.25) is 10.1 Å². The maximum Gasteiger partial charge on any atom is 0.411 e. The summed E-state index contributed by atoms with van der Waals surface area (Å²) in [5.41, 5.74) is 5.91. The molecule has 5 nitrogen and oxygen atoms in total. The lowest BCUT2D eigenvalue weighted by Gasteiger charge is -2.22. The van der Waals surface area contributed by atoms with E-state index in [0.29, 0.717) is 5.69 Å². The van der Waals surface area contributed by atoms with Gasteiger partial charge in [-0.05, 0) is 80.5 Å². The monoisotopic (exact) mass is 336 g/mol. The molecule has 2 N–H and O–H groups in total. The molecule has 1 aromatic rings. The number of rotatable bonds is 2. The number of fused-ring (bicyclic) bond motifs is 2. The number of carbonyl (C=O) groups is 2. The third-order valence-corrected chi connectivity index (χ3v) is 4.12. The average molecular weight is 336 g/mol. The van der Waals surface area contributed by atoms with Crippen LogP contribution in [-0.4, -0.2) is 25.3 Å². The largest absolute Gasteiger partial charge is 0.444 e. The fourth-order valence-electron chi connectivity index (χ4n) is 3.25. The quantitative estimate of drug-likeness (QED) is 0.805. The van der Waals surface area contributed by atoms with E-state index in [4.69, 9.17) is 12.6 Å². The molecule has 0 unspecified atom stereocenters. The van der Waals surface area contributed by atoms with Crippen LogP contribution < -0.4 is 10.6 Å². The van der Waals surface area contributed by atoms with Crippen LogP contribution in [0, 0.1) is 0 Å². The Bertz CT molecular complexity index is 803. The van der Waals surface area contributed by atoms with Gasteiger partial charge >= 0.3 is 6.09 Å². The van der Waals surface area contributed by atoms with E-state index in [2.05, 4.69) is 10.6 Å². The van der Waals surface area contributed by atoms with Gasteiger partial charge in [0.05, 0.1) is 0 Å². The molecule has 6 heteroatoms. The number of carbonyl (C=O) groups excluding carboxylic acids is 2. The van der Waals surface area contributed by atoms with E-state index in [9.17, 15) is 9.59 Å². The highest BCUT2D eigenvalue weighted by Crippen LogP contribution is 2.41. The summed E-state index contributed by atoms with van der Waals surface area (Å²) in [4.78, 5) is 22.9. The zero-order valence-electron chi connectivity index (χ0n) is 14.7. The summed E-state index contributed by atoms with van der Waals surface area (Å²) in [5.74, 6) is -0.570. The van der Waals surface area contributed by atoms with Gasteiger partial charge < -0.3 is 10.1 Å². The number of allylic oxidation sites excluding steroid dienone is 4. The first kappa shape index (κ1) is 17.3. The predicted molar refractivity (Wildman–Crippen MR) is 98.5 cm³/mol. The molecule has 0 fully saturated rings. The minimum Gasteiger partial charge on any atom is -0.444 e. The molecule has 2 radical (unpaired) electrons. The molecule has 0 aliphatic heterocycles. The van der Waals surface area contributed by atoms with E-state index in [1.165, 1.54) is 16.7 Å². The second kappa shape index (κ2) is 6.43. The smallest absolute Gasteiger partial charge is 0.411 e. The van der Waals surface area contributed by atoms with Gasteiger partial charge in [-0.1, -0.05) is 6.07 Å². The number of anilines is 1. The number of alkyl carbamates (subject to hydrolysis) is 1. The molecule has 2 aliphatic rings. The first-order valence-electron chi connectivity index (χ1n) is 8.33. The van der Waals surface area contributed by atoms with Crippen LogP contribution in [0.3, 0.4) is 0 Å².